The predicted octanol–water partition coefficient (Wildman–Crippen LogP) is 3.65. The second-order valence-corrected chi connectivity index (χ2v) is 7.46. The minimum absolute atomic E-state index is 0.0428. The van der Waals surface area contributed by atoms with Gasteiger partial charge in [-0.3, -0.25) is 9.78 Å². The van der Waals surface area contributed by atoms with Crippen molar-refractivity contribution >= 4 is 17.6 Å². The second kappa shape index (κ2) is 8.42. The van der Waals surface area contributed by atoms with Gasteiger partial charge in [0.05, 0.1) is 6.04 Å². The minimum atomic E-state index is -0.0428. The number of hydrogen-bond acceptors (Lipinski definition) is 3. The molecule has 2 fully saturated rings. The molecule has 28 heavy (non-hydrogen) atoms. The summed E-state index contributed by atoms with van der Waals surface area (Å²) in [6.45, 7) is 1.99. The highest BCUT2D eigenvalue weighted by molar-refractivity contribution is 5.94. The van der Waals surface area contributed by atoms with Gasteiger partial charge >= 0.3 is 6.03 Å². The lowest BCUT2D eigenvalue weighted by molar-refractivity contribution is -0.119. The van der Waals surface area contributed by atoms with E-state index in [1.165, 1.54) is 0 Å². The largest absolute Gasteiger partial charge is 0.334 e. The zero-order chi connectivity index (χ0) is 19.3. The van der Waals surface area contributed by atoms with E-state index in [0.717, 1.165) is 55.6 Å². The number of carbonyl (C=O) groups excluding carboxylic acids is 2. The van der Waals surface area contributed by atoms with Crippen molar-refractivity contribution < 1.29 is 9.59 Å². The van der Waals surface area contributed by atoms with Crippen LogP contribution in [0.2, 0.25) is 0 Å². The predicted molar refractivity (Wildman–Crippen MR) is 108 cm³/mol. The number of hydrogen-bond donors (Lipinski definition) is 1. The van der Waals surface area contributed by atoms with E-state index in [2.05, 4.69) is 10.3 Å². The summed E-state index contributed by atoms with van der Waals surface area (Å²) in [5.41, 5.74) is 3.06. The molecule has 1 unspecified atom stereocenters. The van der Waals surface area contributed by atoms with Gasteiger partial charge in [0, 0.05) is 44.1 Å². The van der Waals surface area contributed by atoms with E-state index in [4.69, 9.17) is 0 Å². The summed E-state index contributed by atoms with van der Waals surface area (Å²) in [7, 11) is 0. The Kier molecular flexibility index (Phi) is 5.55. The second-order valence-electron chi connectivity index (χ2n) is 7.46. The van der Waals surface area contributed by atoms with E-state index in [1.807, 2.05) is 46.2 Å². The van der Waals surface area contributed by atoms with Crippen molar-refractivity contribution in [2.45, 2.75) is 44.7 Å². The van der Waals surface area contributed by atoms with Crippen molar-refractivity contribution in [1.29, 1.82) is 0 Å². The van der Waals surface area contributed by atoms with Crippen molar-refractivity contribution in [2.75, 3.05) is 18.0 Å². The monoisotopic (exact) mass is 378 g/mol. The topological polar surface area (TPSA) is 65.5 Å². The molecule has 0 radical (unpaired) electrons. The average molecular weight is 378 g/mol. The number of piperidine rings is 1. The molecule has 2 aliphatic rings. The van der Waals surface area contributed by atoms with E-state index in [1.54, 1.807) is 12.4 Å². The van der Waals surface area contributed by atoms with Crippen LogP contribution in [-0.4, -0.2) is 34.9 Å². The fourth-order valence-electron chi connectivity index (χ4n) is 4.13. The molecule has 1 N–H and O–H groups in total. The van der Waals surface area contributed by atoms with Crippen LogP contribution in [0.1, 0.15) is 49.3 Å². The summed E-state index contributed by atoms with van der Waals surface area (Å²) in [5.74, 6) is 0.185. The average Bonchev–Trinajstić information content (AvgIpc) is 3.23. The molecule has 2 saturated heterocycles. The molecule has 4 rings (SSSR count). The maximum atomic E-state index is 12.8. The Hall–Kier alpha value is -2.89. The normalized spacial score (nSPS) is 19.7. The Bertz CT molecular complexity index is 839. The van der Waals surface area contributed by atoms with E-state index >= 15 is 0 Å². The molecule has 1 aromatic carbocycles. The van der Waals surface area contributed by atoms with Gasteiger partial charge in [-0.15, -0.1) is 0 Å². The third kappa shape index (κ3) is 4.01. The molecule has 2 aliphatic heterocycles. The lowest BCUT2D eigenvalue weighted by Gasteiger charge is -2.27. The molecular formula is C22H26N4O2. The molecular weight excluding hydrogens is 352 g/mol. The third-order valence-corrected chi connectivity index (χ3v) is 5.59. The number of nitrogens with one attached hydrogen (secondary N) is 1. The number of nitrogens with zero attached hydrogens (tertiary/aromatic N) is 3. The zero-order valence-electron chi connectivity index (χ0n) is 16.0. The molecule has 1 aromatic heterocycles. The number of amides is 3. The van der Waals surface area contributed by atoms with Crippen molar-refractivity contribution in [3.05, 3.63) is 59.9 Å². The third-order valence-electron chi connectivity index (χ3n) is 5.59. The summed E-state index contributed by atoms with van der Waals surface area (Å²) < 4.78 is 0. The summed E-state index contributed by atoms with van der Waals surface area (Å²) in [5, 5.41) is 3.05. The Balaban J connectivity index is 1.39. The molecule has 146 valence electrons. The molecule has 0 spiro atoms. The SMILES string of the molecule is O=C1CCCCN1c1cccc(CNC(=O)N2CCCC2c2ccncc2)c1. The first-order valence-electron chi connectivity index (χ1n) is 10.1. The highest BCUT2D eigenvalue weighted by atomic mass is 16.2. The Labute approximate surface area is 165 Å². The van der Waals surface area contributed by atoms with Gasteiger partial charge in [0.1, 0.15) is 0 Å². The molecule has 0 aliphatic carbocycles. The van der Waals surface area contributed by atoms with Gasteiger partial charge in [-0.05, 0) is 61.1 Å². The lowest BCUT2D eigenvalue weighted by Crippen LogP contribution is -2.39. The molecule has 6 heteroatoms. The number of benzene rings is 1. The number of anilines is 1. The van der Waals surface area contributed by atoms with Gasteiger partial charge in [0.25, 0.3) is 0 Å². The summed E-state index contributed by atoms with van der Waals surface area (Å²) in [6, 6.07) is 11.9. The number of rotatable bonds is 4. The minimum Gasteiger partial charge on any atom is -0.334 e. The Morgan fingerprint density at radius 3 is 2.79 bits per heavy atom. The molecule has 3 amide bonds. The summed E-state index contributed by atoms with van der Waals surface area (Å²) in [4.78, 5) is 32.8. The first kappa shape index (κ1) is 18.5. The molecule has 2 aromatic rings. The van der Waals surface area contributed by atoms with Crippen LogP contribution in [-0.2, 0) is 11.3 Å². The maximum absolute atomic E-state index is 12.8. The highest BCUT2D eigenvalue weighted by Crippen LogP contribution is 2.31. The van der Waals surface area contributed by atoms with Crippen molar-refractivity contribution in [3.8, 4) is 0 Å². The first-order chi connectivity index (χ1) is 13.7. The van der Waals surface area contributed by atoms with Gasteiger partial charge in [0.15, 0.2) is 0 Å². The number of carbonyl (C=O) groups is 2. The standard InChI is InChI=1S/C22H26N4O2/c27-21-8-1-2-13-25(21)19-6-3-5-17(15-19)16-24-22(28)26-14-4-7-20(26)18-9-11-23-12-10-18/h3,5-6,9-12,15,20H,1-2,4,7-8,13-14,16H2,(H,24,28). The van der Waals surface area contributed by atoms with Crippen LogP contribution in [0, 0.1) is 0 Å². The van der Waals surface area contributed by atoms with Crippen LogP contribution in [0.5, 0.6) is 0 Å². The Morgan fingerprint density at radius 1 is 1.11 bits per heavy atom. The molecule has 1 atom stereocenters. The van der Waals surface area contributed by atoms with Gasteiger partial charge in [0.2, 0.25) is 5.91 Å². The summed E-state index contributed by atoms with van der Waals surface area (Å²) in [6.07, 6.45) is 8.16. The molecule has 0 bridgehead atoms. The van der Waals surface area contributed by atoms with Gasteiger partial charge in [-0.2, -0.15) is 0 Å². The van der Waals surface area contributed by atoms with Crippen LogP contribution in [0.3, 0.4) is 0 Å². The van der Waals surface area contributed by atoms with Crippen LogP contribution in [0.25, 0.3) is 0 Å². The number of pyridine rings is 1. The first-order valence-corrected chi connectivity index (χ1v) is 10.1. The molecule has 0 saturated carbocycles. The number of urea groups is 1. The highest BCUT2D eigenvalue weighted by Gasteiger charge is 2.29. The summed E-state index contributed by atoms with van der Waals surface area (Å²) >= 11 is 0. The number of likely N-dealkylation sites (tertiary alicyclic amines) is 1. The fourth-order valence-corrected chi connectivity index (χ4v) is 4.13. The molecule has 3 heterocycles. The lowest BCUT2D eigenvalue weighted by atomic mass is 10.1. The van der Waals surface area contributed by atoms with E-state index in [0.29, 0.717) is 13.0 Å². The zero-order valence-corrected chi connectivity index (χ0v) is 16.0. The van der Waals surface area contributed by atoms with E-state index in [9.17, 15) is 9.59 Å². The molecule has 6 nitrogen and oxygen atoms in total. The smallest absolute Gasteiger partial charge is 0.318 e. The van der Waals surface area contributed by atoms with Crippen LogP contribution in [0.15, 0.2) is 48.8 Å². The van der Waals surface area contributed by atoms with Gasteiger partial charge < -0.3 is 15.1 Å². The van der Waals surface area contributed by atoms with Gasteiger partial charge in [-0.25, -0.2) is 4.79 Å². The van der Waals surface area contributed by atoms with Crippen molar-refractivity contribution in [3.63, 3.8) is 0 Å². The fraction of sp³-hybridized carbons (Fsp3) is 0.409. The maximum Gasteiger partial charge on any atom is 0.318 e. The van der Waals surface area contributed by atoms with Crippen molar-refractivity contribution in [2.24, 2.45) is 0 Å². The van der Waals surface area contributed by atoms with E-state index < -0.39 is 0 Å². The van der Waals surface area contributed by atoms with Crippen LogP contribution >= 0.6 is 0 Å². The van der Waals surface area contributed by atoms with E-state index in [-0.39, 0.29) is 18.0 Å². The van der Waals surface area contributed by atoms with Crippen LogP contribution in [0.4, 0.5) is 10.5 Å². The van der Waals surface area contributed by atoms with Crippen LogP contribution < -0.4 is 10.2 Å². The quantitative estimate of drug-likeness (QED) is 0.883. The Morgan fingerprint density at radius 2 is 1.96 bits per heavy atom. The van der Waals surface area contributed by atoms with Crippen molar-refractivity contribution in [1.82, 2.24) is 15.2 Å². The number of aromatic nitrogens is 1. The van der Waals surface area contributed by atoms with Gasteiger partial charge in [-0.1, -0.05) is 12.1 Å².